The van der Waals surface area contributed by atoms with Gasteiger partial charge in [0.15, 0.2) is 0 Å². The second kappa shape index (κ2) is 5.61. The first-order valence-electron chi connectivity index (χ1n) is 4.77. The van der Waals surface area contributed by atoms with Crippen molar-refractivity contribution in [3.8, 4) is 5.75 Å². The van der Waals surface area contributed by atoms with Crippen LogP contribution in [0.3, 0.4) is 0 Å². The molecule has 0 N–H and O–H groups in total. The summed E-state index contributed by atoms with van der Waals surface area (Å²) in [7, 11) is -10.3. The summed E-state index contributed by atoms with van der Waals surface area (Å²) in [6, 6.07) is 1.69. The van der Waals surface area contributed by atoms with Crippen LogP contribution < -0.4 is 4.18 Å². The molecule has 1 aromatic rings. The van der Waals surface area contributed by atoms with Crippen molar-refractivity contribution in [2.24, 2.45) is 5.11 Å². The molecular weight excluding hydrogens is 320 g/mol. The van der Waals surface area contributed by atoms with Crippen LogP contribution in [0.4, 0.5) is 13.5 Å². The SMILES string of the molecule is Cc1c(CS(=O)(=O)F)cc(OS(=O)(=O)F)cc1N=[N+]=[N-]. The lowest BCUT2D eigenvalue weighted by Gasteiger charge is -2.09. The average molecular weight is 327 g/mol. The van der Waals surface area contributed by atoms with Crippen LogP contribution in [0.5, 0.6) is 5.75 Å². The smallest absolute Gasteiger partial charge is 0.358 e. The van der Waals surface area contributed by atoms with Gasteiger partial charge in [0.2, 0.25) is 0 Å². The Labute approximate surface area is 113 Å². The van der Waals surface area contributed by atoms with Crippen molar-refractivity contribution in [1.29, 1.82) is 0 Å². The molecule has 8 nitrogen and oxygen atoms in total. The van der Waals surface area contributed by atoms with Crippen molar-refractivity contribution in [3.63, 3.8) is 0 Å². The third-order valence-corrected chi connectivity index (χ3v) is 3.18. The Kier molecular flexibility index (Phi) is 4.53. The highest BCUT2D eigenvalue weighted by atomic mass is 32.3. The molecule has 0 spiro atoms. The molecular formula is C8H7F2N3O5S2. The number of hydrogen-bond donors (Lipinski definition) is 0. The van der Waals surface area contributed by atoms with Crippen LogP contribution in [0.1, 0.15) is 11.1 Å². The zero-order valence-corrected chi connectivity index (χ0v) is 11.5. The molecule has 0 saturated heterocycles. The first-order chi connectivity index (χ1) is 9.02. The molecule has 12 heteroatoms. The molecule has 0 radical (unpaired) electrons. The molecule has 0 aliphatic heterocycles. The van der Waals surface area contributed by atoms with E-state index >= 15 is 0 Å². The second-order valence-corrected chi connectivity index (χ2v) is 5.89. The molecule has 0 atom stereocenters. The van der Waals surface area contributed by atoms with Gasteiger partial charge in [-0.1, -0.05) is 9.00 Å². The maximum absolute atomic E-state index is 12.7. The zero-order valence-electron chi connectivity index (χ0n) is 9.82. The van der Waals surface area contributed by atoms with Crippen molar-refractivity contribution in [1.82, 2.24) is 0 Å². The molecule has 0 saturated carbocycles. The monoisotopic (exact) mass is 327 g/mol. The maximum Gasteiger partial charge on any atom is 0.488 e. The molecule has 0 amide bonds. The Bertz CT molecular complexity index is 785. The van der Waals surface area contributed by atoms with Gasteiger partial charge in [-0.05, 0) is 35.7 Å². The van der Waals surface area contributed by atoms with Gasteiger partial charge in [0.1, 0.15) is 11.5 Å². The highest BCUT2D eigenvalue weighted by Crippen LogP contribution is 2.31. The Morgan fingerprint density at radius 3 is 2.35 bits per heavy atom. The number of benzene rings is 1. The minimum Gasteiger partial charge on any atom is -0.358 e. The van der Waals surface area contributed by atoms with Gasteiger partial charge < -0.3 is 4.18 Å². The number of nitrogens with zero attached hydrogens (tertiary/aromatic N) is 3. The number of hydrogen-bond acceptors (Lipinski definition) is 6. The predicted octanol–water partition coefficient (Wildman–Crippen LogP) is 2.33. The number of halogens is 2. The van der Waals surface area contributed by atoms with Crippen LogP contribution in [0.15, 0.2) is 17.2 Å². The van der Waals surface area contributed by atoms with Gasteiger partial charge in [-0.15, -0.1) is 3.89 Å². The summed E-state index contributed by atoms with van der Waals surface area (Å²) in [5, 5.41) is 3.15. The van der Waals surface area contributed by atoms with Gasteiger partial charge in [0, 0.05) is 10.6 Å². The van der Waals surface area contributed by atoms with E-state index in [1.807, 2.05) is 0 Å². The van der Waals surface area contributed by atoms with Crippen molar-refractivity contribution in [2.75, 3.05) is 0 Å². The summed E-state index contributed by atoms with van der Waals surface area (Å²) < 4.78 is 71.0. The molecule has 0 bridgehead atoms. The lowest BCUT2D eigenvalue weighted by atomic mass is 10.1. The van der Waals surface area contributed by atoms with Crippen LogP contribution >= 0.6 is 0 Å². The fourth-order valence-electron chi connectivity index (χ4n) is 1.38. The number of rotatable bonds is 5. The summed E-state index contributed by atoms with van der Waals surface area (Å²) >= 11 is 0. The topological polar surface area (TPSA) is 126 Å². The van der Waals surface area contributed by atoms with E-state index in [1.54, 1.807) is 0 Å². The van der Waals surface area contributed by atoms with E-state index in [2.05, 4.69) is 14.2 Å². The second-order valence-electron chi connectivity index (χ2n) is 3.58. The van der Waals surface area contributed by atoms with Gasteiger partial charge in [0.05, 0.1) is 0 Å². The van der Waals surface area contributed by atoms with Crippen LogP contribution in [0.2, 0.25) is 0 Å². The molecule has 0 fully saturated rings. The molecule has 20 heavy (non-hydrogen) atoms. The van der Waals surface area contributed by atoms with Gasteiger partial charge >= 0.3 is 20.7 Å². The van der Waals surface area contributed by atoms with Gasteiger partial charge in [-0.25, -0.2) is 0 Å². The van der Waals surface area contributed by atoms with Crippen LogP contribution in [0, 0.1) is 6.92 Å². The van der Waals surface area contributed by atoms with Crippen LogP contribution in [0.25, 0.3) is 10.4 Å². The van der Waals surface area contributed by atoms with Crippen LogP contribution in [-0.2, 0) is 26.5 Å². The molecule has 1 aromatic carbocycles. The quantitative estimate of drug-likeness (QED) is 0.355. The van der Waals surface area contributed by atoms with Crippen molar-refractivity contribution >= 4 is 26.4 Å². The molecule has 0 aromatic heterocycles. The molecule has 0 unspecified atom stereocenters. The summed E-state index contributed by atoms with van der Waals surface area (Å²) in [6.45, 7) is 1.32. The summed E-state index contributed by atoms with van der Waals surface area (Å²) in [6.07, 6.45) is 0. The van der Waals surface area contributed by atoms with Crippen molar-refractivity contribution in [3.05, 3.63) is 33.7 Å². The van der Waals surface area contributed by atoms with E-state index in [1.165, 1.54) is 6.92 Å². The normalized spacial score (nSPS) is 11.8. The molecule has 1 rings (SSSR count). The summed E-state index contributed by atoms with van der Waals surface area (Å²) in [5.41, 5.74) is 7.97. The standard InChI is InChI=1S/C8H7F2N3O5S2/c1-5-6(4-19(9,14)15)2-7(18-20(10,16)17)3-8(5)12-13-11/h2-3H,4H2,1H3. The minimum absolute atomic E-state index is 0.0904. The summed E-state index contributed by atoms with van der Waals surface area (Å²) in [4.78, 5) is 2.42. The first-order valence-corrected chi connectivity index (χ1v) is 7.63. The Hall–Kier alpha value is -1.91. The minimum atomic E-state index is -5.36. The maximum atomic E-state index is 12.7. The number of azide groups is 1. The van der Waals surface area contributed by atoms with Gasteiger partial charge in [-0.3, -0.25) is 0 Å². The lowest BCUT2D eigenvalue weighted by molar-refractivity contribution is 0.440. The Morgan fingerprint density at radius 1 is 1.30 bits per heavy atom. The highest BCUT2D eigenvalue weighted by molar-refractivity contribution is 7.85. The van der Waals surface area contributed by atoms with Crippen LogP contribution in [-0.4, -0.2) is 16.8 Å². The predicted molar refractivity (Wildman–Crippen MR) is 64.4 cm³/mol. The highest BCUT2D eigenvalue weighted by Gasteiger charge is 2.17. The van der Waals surface area contributed by atoms with Gasteiger partial charge in [0.25, 0.3) is 0 Å². The fourth-order valence-corrected chi connectivity index (χ4v) is 2.38. The largest absolute Gasteiger partial charge is 0.488 e. The van der Waals surface area contributed by atoms with Crippen molar-refractivity contribution < 1.29 is 28.8 Å². The third-order valence-electron chi connectivity index (χ3n) is 2.14. The molecule has 0 heterocycles. The lowest BCUT2D eigenvalue weighted by Crippen LogP contribution is -2.04. The van der Waals surface area contributed by atoms with Gasteiger partial charge in [-0.2, -0.15) is 16.8 Å². The third kappa shape index (κ3) is 4.99. The van der Waals surface area contributed by atoms with E-state index in [0.717, 1.165) is 12.1 Å². The Balaban J connectivity index is 3.46. The van der Waals surface area contributed by atoms with E-state index in [-0.39, 0.29) is 16.8 Å². The average Bonchev–Trinajstić information content (AvgIpc) is 2.20. The van der Waals surface area contributed by atoms with Crippen molar-refractivity contribution in [2.45, 2.75) is 12.7 Å². The first kappa shape index (κ1) is 16.1. The molecule has 0 aliphatic carbocycles. The van der Waals surface area contributed by atoms with E-state index in [9.17, 15) is 24.6 Å². The van der Waals surface area contributed by atoms with E-state index in [4.69, 9.17) is 5.53 Å². The zero-order chi connectivity index (χ0) is 15.6. The summed E-state index contributed by atoms with van der Waals surface area (Å²) in [5.74, 6) is -1.74. The Morgan fingerprint density at radius 2 is 1.90 bits per heavy atom. The van der Waals surface area contributed by atoms with E-state index < -0.39 is 32.2 Å². The molecule has 110 valence electrons. The molecule has 0 aliphatic rings. The fraction of sp³-hybridized carbons (Fsp3) is 0.250. The van der Waals surface area contributed by atoms with E-state index in [0.29, 0.717) is 0 Å².